The quantitative estimate of drug-likeness (QED) is 0.533. The van der Waals surface area contributed by atoms with Gasteiger partial charge in [-0.2, -0.15) is 0 Å². The second-order valence-corrected chi connectivity index (χ2v) is 7.73. The van der Waals surface area contributed by atoms with Crippen LogP contribution in [0.25, 0.3) is 0 Å². The summed E-state index contributed by atoms with van der Waals surface area (Å²) in [7, 11) is 1.40. The van der Waals surface area contributed by atoms with E-state index in [-0.39, 0.29) is 11.9 Å². The molecule has 1 heterocycles. The topological polar surface area (TPSA) is 49.9 Å². The number of rotatable bonds is 6. The fraction of sp³-hybridized carbons (Fsp3) is 0.360. The van der Waals surface area contributed by atoms with E-state index in [2.05, 4.69) is 17.0 Å². The zero-order valence-electron chi connectivity index (χ0n) is 18.0. The average Bonchev–Trinajstić information content (AvgIpc) is 2.80. The Morgan fingerprint density at radius 1 is 1.03 bits per heavy atom. The number of methoxy groups -OCH3 is 1. The summed E-state index contributed by atoms with van der Waals surface area (Å²) in [6.45, 7) is 5.85. The van der Waals surface area contributed by atoms with Crippen LogP contribution in [0.5, 0.6) is 0 Å². The molecular weight excluding hydrogens is 376 g/mol. The van der Waals surface area contributed by atoms with Gasteiger partial charge in [-0.25, -0.2) is 4.79 Å². The molecular formula is C25H30N2O3. The van der Waals surface area contributed by atoms with E-state index in [0.29, 0.717) is 37.2 Å². The molecule has 5 heteroatoms. The number of hydrogen-bond donors (Lipinski definition) is 0. The van der Waals surface area contributed by atoms with Crippen molar-refractivity contribution in [3.8, 4) is 0 Å². The molecule has 158 valence electrons. The summed E-state index contributed by atoms with van der Waals surface area (Å²) in [6, 6.07) is 19.7. The van der Waals surface area contributed by atoms with Crippen LogP contribution < -0.4 is 4.90 Å². The molecule has 0 atom stereocenters. The van der Waals surface area contributed by atoms with Gasteiger partial charge in [0.05, 0.1) is 7.11 Å². The average molecular weight is 407 g/mol. The normalized spacial score (nSPS) is 16.7. The summed E-state index contributed by atoms with van der Waals surface area (Å²) in [5, 5.41) is 0. The van der Waals surface area contributed by atoms with Crippen LogP contribution in [0.1, 0.15) is 32.3 Å². The third-order valence-electron chi connectivity index (χ3n) is 5.91. The molecule has 1 amide bonds. The molecule has 0 bridgehead atoms. The zero-order valence-corrected chi connectivity index (χ0v) is 18.0. The lowest BCUT2D eigenvalue weighted by molar-refractivity contribution is -0.150. The molecule has 0 unspecified atom stereocenters. The minimum absolute atomic E-state index is 0.161. The first-order valence-electron chi connectivity index (χ1n) is 10.4. The zero-order chi connectivity index (χ0) is 21.6. The molecule has 0 radical (unpaired) electrons. The highest BCUT2D eigenvalue weighted by molar-refractivity contribution is 6.10. The van der Waals surface area contributed by atoms with E-state index < -0.39 is 5.54 Å². The van der Waals surface area contributed by atoms with Crippen molar-refractivity contribution in [1.29, 1.82) is 0 Å². The number of benzene rings is 2. The Kier molecular flexibility index (Phi) is 7.06. The van der Waals surface area contributed by atoms with E-state index in [9.17, 15) is 9.59 Å². The Bertz CT molecular complexity index is 885. The first kappa shape index (κ1) is 21.8. The van der Waals surface area contributed by atoms with Crippen LogP contribution >= 0.6 is 0 Å². The van der Waals surface area contributed by atoms with E-state index in [1.165, 1.54) is 12.7 Å². The smallest absolute Gasteiger partial charge is 0.332 e. The Morgan fingerprint density at radius 2 is 1.60 bits per heavy atom. The second-order valence-electron chi connectivity index (χ2n) is 7.73. The summed E-state index contributed by atoms with van der Waals surface area (Å²) in [5.41, 5.74) is 1.54. The van der Waals surface area contributed by atoms with Crippen LogP contribution in [0.15, 0.2) is 72.3 Å². The molecule has 0 saturated carbocycles. The van der Waals surface area contributed by atoms with E-state index in [1.807, 2.05) is 55.5 Å². The highest BCUT2D eigenvalue weighted by atomic mass is 16.5. The van der Waals surface area contributed by atoms with Crippen molar-refractivity contribution in [2.75, 3.05) is 25.1 Å². The largest absolute Gasteiger partial charge is 0.467 e. The van der Waals surface area contributed by atoms with Crippen molar-refractivity contribution in [3.05, 3.63) is 77.9 Å². The maximum absolute atomic E-state index is 13.4. The Morgan fingerprint density at radius 3 is 2.13 bits per heavy atom. The van der Waals surface area contributed by atoms with E-state index in [0.717, 1.165) is 6.54 Å². The van der Waals surface area contributed by atoms with Gasteiger partial charge in [-0.3, -0.25) is 14.6 Å². The molecule has 0 N–H and O–H groups in total. The molecule has 0 aromatic heterocycles. The number of allylic oxidation sites excluding steroid dienone is 1. The summed E-state index contributed by atoms with van der Waals surface area (Å²) in [5.74, 6) is -0.520. The van der Waals surface area contributed by atoms with Crippen molar-refractivity contribution >= 4 is 17.6 Å². The van der Waals surface area contributed by atoms with Gasteiger partial charge in [0.1, 0.15) is 5.54 Å². The van der Waals surface area contributed by atoms with Crippen molar-refractivity contribution < 1.29 is 14.3 Å². The fourth-order valence-electron chi connectivity index (χ4n) is 4.07. The molecule has 1 fully saturated rings. The van der Waals surface area contributed by atoms with Gasteiger partial charge in [-0.1, -0.05) is 54.6 Å². The van der Waals surface area contributed by atoms with E-state index in [4.69, 9.17) is 4.74 Å². The summed E-state index contributed by atoms with van der Waals surface area (Å²) >= 11 is 0. The molecule has 1 saturated heterocycles. The number of piperidine rings is 1. The number of likely N-dealkylation sites (tertiary alicyclic amines) is 1. The third kappa shape index (κ3) is 4.46. The number of anilines is 1. The molecule has 30 heavy (non-hydrogen) atoms. The van der Waals surface area contributed by atoms with Gasteiger partial charge in [0.2, 0.25) is 0 Å². The molecule has 1 aliphatic heterocycles. The minimum atomic E-state index is -1.02. The highest BCUT2D eigenvalue weighted by Crippen LogP contribution is 2.36. The van der Waals surface area contributed by atoms with Gasteiger partial charge in [0, 0.05) is 30.9 Å². The van der Waals surface area contributed by atoms with Gasteiger partial charge < -0.3 is 4.74 Å². The van der Waals surface area contributed by atoms with Crippen molar-refractivity contribution in [2.45, 2.75) is 38.8 Å². The Hall–Kier alpha value is -2.92. The van der Waals surface area contributed by atoms with Crippen LogP contribution in [0.4, 0.5) is 5.69 Å². The number of carbonyl (C=O) groups is 2. The number of esters is 1. The standard InChI is InChI=1S/C25H30N2O3/c1-4-20(2)23(28)27(22-13-9-6-10-14-22)25(24(29)30-3)15-17-26(18-16-25)19-21-11-7-5-8-12-21/h4-14H,15-19H2,1-3H3/b20-4+. The summed E-state index contributed by atoms with van der Waals surface area (Å²) in [4.78, 5) is 30.5. The number of amides is 1. The van der Waals surface area contributed by atoms with Crippen LogP contribution in [0.3, 0.4) is 0 Å². The van der Waals surface area contributed by atoms with Gasteiger partial charge in [0.25, 0.3) is 5.91 Å². The lowest BCUT2D eigenvalue weighted by Crippen LogP contribution is -2.62. The predicted octanol–water partition coefficient (Wildman–Crippen LogP) is 4.19. The molecule has 3 rings (SSSR count). The molecule has 0 spiro atoms. The number of carbonyl (C=O) groups excluding carboxylic acids is 2. The minimum Gasteiger partial charge on any atom is -0.467 e. The van der Waals surface area contributed by atoms with Gasteiger partial charge in [-0.15, -0.1) is 0 Å². The van der Waals surface area contributed by atoms with Crippen LogP contribution in [0, 0.1) is 0 Å². The van der Waals surface area contributed by atoms with E-state index >= 15 is 0 Å². The molecule has 2 aromatic carbocycles. The van der Waals surface area contributed by atoms with Gasteiger partial charge in [-0.05, 0) is 44.4 Å². The van der Waals surface area contributed by atoms with Crippen molar-refractivity contribution in [3.63, 3.8) is 0 Å². The van der Waals surface area contributed by atoms with Gasteiger partial charge >= 0.3 is 5.97 Å². The van der Waals surface area contributed by atoms with Crippen LogP contribution in [-0.4, -0.2) is 42.5 Å². The molecule has 5 nitrogen and oxygen atoms in total. The van der Waals surface area contributed by atoms with Crippen molar-refractivity contribution in [2.24, 2.45) is 0 Å². The number of nitrogens with zero attached hydrogens (tertiary/aromatic N) is 2. The van der Waals surface area contributed by atoms with E-state index in [1.54, 1.807) is 17.9 Å². The maximum Gasteiger partial charge on any atom is 0.332 e. The monoisotopic (exact) mass is 406 g/mol. The number of para-hydroxylation sites is 1. The van der Waals surface area contributed by atoms with Crippen LogP contribution in [-0.2, 0) is 20.9 Å². The summed E-state index contributed by atoms with van der Waals surface area (Å²) in [6.07, 6.45) is 2.82. The molecule has 1 aliphatic rings. The van der Waals surface area contributed by atoms with Crippen LogP contribution in [0.2, 0.25) is 0 Å². The lowest BCUT2D eigenvalue weighted by atomic mass is 9.84. The Balaban J connectivity index is 1.93. The highest BCUT2D eigenvalue weighted by Gasteiger charge is 2.50. The fourth-order valence-corrected chi connectivity index (χ4v) is 4.07. The second kappa shape index (κ2) is 9.72. The Labute approximate surface area is 178 Å². The molecule has 0 aliphatic carbocycles. The number of hydrogen-bond acceptors (Lipinski definition) is 4. The SMILES string of the molecule is C/C=C(\C)C(=O)N(c1ccccc1)C1(C(=O)OC)CCN(Cc2ccccc2)CC1. The van der Waals surface area contributed by atoms with Crippen molar-refractivity contribution in [1.82, 2.24) is 4.90 Å². The lowest BCUT2D eigenvalue weighted by Gasteiger charge is -2.46. The predicted molar refractivity (Wildman–Crippen MR) is 119 cm³/mol. The van der Waals surface area contributed by atoms with Gasteiger partial charge in [0.15, 0.2) is 0 Å². The summed E-state index contributed by atoms with van der Waals surface area (Å²) < 4.78 is 5.24. The molecule has 2 aromatic rings. The first-order valence-corrected chi connectivity index (χ1v) is 10.4. The maximum atomic E-state index is 13.4. The first-order chi connectivity index (χ1) is 14.5. The third-order valence-corrected chi connectivity index (χ3v) is 5.91. The number of ether oxygens (including phenoxy) is 1.